The fourth-order valence-electron chi connectivity index (χ4n) is 2.09. The van der Waals surface area contributed by atoms with E-state index < -0.39 is 11.7 Å². The smallest absolute Gasteiger partial charge is 0.407 e. The Hall–Kier alpha value is -1.26. The summed E-state index contributed by atoms with van der Waals surface area (Å²) in [5.41, 5.74) is -0.509. The molecule has 98 valence electrons. The van der Waals surface area contributed by atoms with Crippen molar-refractivity contribution in [1.29, 1.82) is 0 Å². The minimum Gasteiger partial charge on any atom is -0.444 e. The van der Waals surface area contributed by atoms with Gasteiger partial charge in [0.15, 0.2) is 0 Å². The minimum atomic E-state index is -0.509. The predicted octanol–water partition coefficient (Wildman–Crippen LogP) is 1.43. The molecule has 1 aliphatic rings. The zero-order chi connectivity index (χ0) is 13.1. The molecule has 1 aliphatic carbocycles. The van der Waals surface area contributed by atoms with E-state index in [1.807, 2.05) is 20.8 Å². The lowest BCUT2D eigenvalue weighted by Gasteiger charge is -2.24. The van der Waals surface area contributed by atoms with Crippen LogP contribution in [0.3, 0.4) is 0 Å². The molecule has 2 N–H and O–H groups in total. The first-order valence-electron chi connectivity index (χ1n) is 6.04. The van der Waals surface area contributed by atoms with Crippen molar-refractivity contribution in [2.45, 2.75) is 51.7 Å². The topological polar surface area (TPSA) is 67.4 Å². The molecule has 2 amide bonds. The van der Waals surface area contributed by atoms with E-state index >= 15 is 0 Å². The van der Waals surface area contributed by atoms with Gasteiger partial charge >= 0.3 is 6.09 Å². The highest BCUT2D eigenvalue weighted by Crippen LogP contribution is 2.26. The van der Waals surface area contributed by atoms with Crippen LogP contribution in [-0.4, -0.2) is 30.7 Å². The number of nitrogens with one attached hydrogen (secondary N) is 2. The van der Waals surface area contributed by atoms with E-state index in [9.17, 15) is 9.59 Å². The largest absolute Gasteiger partial charge is 0.444 e. The highest BCUT2D eigenvalue weighted by atomic mass is 16.6. The average molecular weight is 242 g/mol. The second kappa shape index (κ2) is 5.38. The number of hydrogen-bond donors (Lipinski definition) is 2. The summed E-state index contributed by atoms with van der Waals surface area (Å²) in [5.74, 6) is -0.143. The summed E-state index contributed by atoms with van der Waals surface area (Å²) < 4.78 is 5.18. The number of carbonyl (C=O) groups is 2. The highest BCUT2D eigenvalue weighted by molar-refractivity contribution is 5.80. The van der Waals surface area contributed by atoms with Crippen LogP contribution in [0.2, 0.25) is 0 Å². The van der Waals surface area contributed by atoms with Gasteiger partial charge in [-0.3, -0.25) is 4.79 Å². The molecule has 0 aromatic heterocycles. The number of hydrogen-bond acceptors (Lipinski definition) is 3. The molecule has 0 bridgehead atoms. The van der Waals surface area contributed by atoms with Crippen LogP contribution in [0.15, 0.2) is 0 Å². The van der Waals surface area contributed by atoms with Gasteiger partial charge in [-0.25, -0.2) is 4.79 Å². The van der Waals surface area contributed by atoms with Crippen molar-refractivity contribution >= 4 is 12.0 Å². The Balaban J connectivity index is 2.50. The quantitative estimate of drug-likeness (QED) is 0.769. The normalized spacial score (nSPS) is 24.2. The second-order valence-corrected chi connectivity index (χ2v) is 5.40. The van der Waals surface area contributed by atoms with Gasteiger partial charge in [0.2, 0.25) is 5.91 Å². The first kappa shape index (κ1) is 13.8. The van der Waals surface area contributed by atoms with Crippen molar-refractivity contribution in [2.24, 2.45) is 5.92 Å². The van der Waals surface area contributed by atoms with Crippen LogP contribution in [0.1, 0.15) is 40.0 Å². The van der Waals surface area contributed by atoms with E-state index in [1.54, 1.807) is 7.05 Å². The molecule has 0 aromatic rings. The summed E-state index contributed by atoms with van der Waals surface area (Å²) in [5, 5.41) is 5.41. The molecule has 5 heteroatoms. The van der Waals surface area contributed by atoms with Crippen LogP contribution < -0.4 is 10.6 Å². The molecule has 1 fully saturated rings. The molecule has 0 heterocycles. The summed E-state index contributed by atoms with van der Waals surface area (Å²) >= 11 is 0. The van der Waals surface area contributed by atoms with Crippen molar-refractivity contribution in [3.8, 4) is 0 Å². The second-order valence-electron chi connectivity index (χ2n) is 5.40. The van der Waals surface area contributed by atoms with Gasteiger partial charge in [0.1, 0.15) is 5.60 Å². The summed E-state index contributed by atoms with van der Waals surface area (Å²) in [7, 11) is 1.62. The van der Waals surface area contributed by atoms with E-state index in [4.69, 9.17) is 4.74 Å². The highest BCUT2D eigenvalue weighted by Gasteiger charge is 2.34. The Morgan fingerprint density at radius 2 is 1.88 bits per heavy atom. The maximum atomic E-state index is 11.6. The molecular formula is C12H22N2O3. The standard InChI is InChI=1S/C12H22N2O3/c1-12(2,3)17-11(16)14-9-7-5-6-8(9)10(15)13-4/h8-9H,5-7H2,1-4H3,(H,13,15)(H,14,16)/t8-,9-/m1/s1. The maximum Gasteiger partial charge on any atom is 0.407 e. The lowest BCUT2D eigenvalue weighted by atomic mass is 10.0. The van der Waals surface area contributed by atoms with Crippen LogP contribution in [-0.2, 0) is 9.53 Å². The number of alkyl carbamates (subject to hydrolysis) is 1. The van der Waals surface area contributed by atoms with Crippen LogP contribution >= 0.6 is 0 Å². The van der Waals surface area contributed by atoms with E-state index in [2.05, 4.69) is 10.6 Å². The lowest BCUT2D eigenvalue weighted by molar-refractivity contribution is -0.124. The first-order valence-corrected chi connectivity index (χ1v) is 6.04. The number of amides is 2. The molecule has 0 spiro atoms. The lowest BCUT2D eigenvalue weighted by Crippen LogP contribution is -2.45. The number of rotatable bonds is 2. The van der Waals surface area contributed by atoms with Crippen molar-refractivity contribution in [3.05, 3.63) is 0 Å². The van der Waals surface area contributed by atoms with Crippen molar-refractivity contribution < 1.29 is 14.3 Å². The predicted molar refractivity (Wildman–Crippen MR) is 64.6 cm³/mol. The van der Waals surface area contributed by atoms with Gasteiger partial charge < -0.3 is 15.4 Å². The summed E-state index contributed by atoms with van der Waals surface area (Å²) in [6.45, 7) is 5.45. The third kappa shape index (κ3) is 4.24. The van der Waals surface area contributed by atoms with E-state index in [1.165, 1.54) is 0 Å². The third-order valence-electron chi connectivity index (χ3n) is 2.80. The summed E-state index contributed by atoms with van der Waals surface area (Å²) in [6.07, 6.45) is 2.16. The third-order valence-corrected chi connectivity index (χ3v) is 2.80. The Kier molecular flexibility index (Phi) is 4.37. The van der Waals surface area contributed by atoms with Gasteiger partial charge in [-0.15, -0.1) is 0 Å². The first-order chi connectivity index (χ1) is 7.83. The molecule has 0 aliphatic heterocycles. The van der Waals surface area contributed by atoms with Crippen molar-refractivity contribution in [1.82, 2.24) is 10.6 Å². The van der Waals surface area contributed by atoms with Gasteiger partial charge in [-0.05, 0) is 33.6 Å². The van der Waals surface area contributed by atoms with Crippen LogP contribution in [0.4, 0.5) is 4.79 Å². The zero-order valence-corrected chi connectivity index (χ0v) is 11.0. The van der Waals surface area contributed by atoms with Crippen LogP contribution in [0.25, 0.3) is 0 Å². The maximum absolute atomic E-state index is 11.6. The molecule has 1 saturated carbocycles. The Bertz CT molecular complexity index is 297. The van der Waals surface area contributed by atoms with Gasteiger partial charge in [-0.1, -0.05) is 6.42 Å². The Morgan fingerprint density at radius 3 is 2.41 bits per heavy atom. The van der Waals surface area contributed by atoms with E-state index in [0.717, 1.165) is 19.3 Å². The fraction of sp³-hybridized carbons (Fsp3) is 0.833. The summed E-state index contributed by atoms with van der Waals surface area (Å²) in [4.78, 5) is 23.2. The SMILES string of the molecule is CNC(=O)[C@@H]1CCC[C@H]1NC(=O)OC(C)(C)C. The Labute approximate surface area is 102 Å². The molecule has 0 unspecified atom stereocenters. The molecule has 2 atom stereocenters. The molecule has 0 radical (unpaired) electrons. The van der Waals surface area contributed by atoms with Gasteiger partial charge in [-0.2, -0.15) is 0 Å². The van der Waals surface area contributed by atoms with E-state index in [0.29, 0.717) is 0 Å². The number of carbonyl (C=O) groups excluding carboxylic acids is 2. The molecule has 0 aromatic carbocycles. The average Bonchev–Trinajstić information content (AvgIpc) is 2.61. The van der Waals surface area contributed by atoms with Crippen molar-refractivity contribution in [3.63, 3.8) is 0 Å². The number of ether oxygens (including phenoxy) is 1. The molecule has 0 saturated heterocycles. The summed E-state index contributed by atoms with van der Waals surface area (Å²) in [6, 6.07) is -0.107. The minimum absolute atomic E-state index is 0.0106. The van der Waals surface area contributed by atoms with Gasteiger partial charge in [0, 0.05) is 13.1 Å². The molecular weight excluding hydrogens is 220 g/mol. The Morgan fingerprint density at radius 1 is 1.24 bits per heavy atom. The van der Waals surface area contributed by atoms with Crippen LogP contribution in [0.5, 0.6) is 0 Å². The van der Waals surface area contributed by atoms with Crippen LogP contribution in [0, 0.1) is 5.92 Å². The van der Waals surface area contributed by atoms with Gasteiger partial charge in [0.25, 0.3) is 0 Å². The monoisotopic (exact) mass is 242 g/mol. The van der Waals surface area contributed by atoms with Gasteiger partial charge in [0.05, 0.1) is 5.92 Å². The molecule has 5 nitrogen and oxygen atoms in total. The van der Waals surface area contributed by atoms with E-state index in [-0.39, 0.29) is 17.9 Å². The fourth-order valence-corrected chi connectivity index (χ4v) is 2.09. The molecule has 1 rings (SSSR count). The molecule has 17 heavy (non-hydrogen) atoms. The zero-order valence-electron chi connectivity index (χ0n) is 11.0. The van der Waals surface area contributed by atoms with Crippen molar-refractivity contribution in [2.75, 3.05) is 7.05 Å².